The lowest BCUT2D eigenvalue weighted by atomic mass is 9.72. The molecule has 42 nitrogen and oxygen atoms in total. The van der Waals surface area contributed by atoms with Crippen molar-refractivity contribution < 1.29 is 207 Å². The quantitative estimate of drug-likeness (QED) is 0.0165. The van der Waals surface area contributed by atoms with Gasteiger partial charge in [0.1, 0.15) is 111 Å². The van der Waals surface area contributed by atoms with Gasteiger partial charge in [-0.15, -0.1) is 0 Å². The zero-order chi connectivity index (χ0) is 77.6. The average Bonchev–Trinajstić information content (AvgIpc) is 0.763. The Kier molecular flexibility index (Phi) is 29.6. The van der Waals surface area contributed by atoms with Crippen molar-refractivity contribution in [3.8, 4) is 0 Å². The number of rotatable bonds is 26. The summed E-state index contributed by atoms with van der Waals surface area (Å²) < 4.78 is 75.5. The molecule has 9 rings (SSSR count). The van der Waals surface area contributed by atoms with Crippen LogP contribution in [0.1, 0.15) is 77.0 Å². The van der Waals surface area contributed by atoms with E-state index >= 15 is 0 Å². The molecule has 16 unspecified atom stereocenters. The number of aliphatic hydroxyl groups excluding tert-OH is 19. The number of aliphatic hydroxyl groups is 19. The first-order valence-corrected chi connectivity index (χ1v) is 34.6. The fourth-order valence-electron chi connectivity index (χ4n) is 14.7. The van der Waals surface area contributed by atoms with E-state index in [9.17, 15) is 141 Å². The largest absolute Gasteiger partial charge is 0.479 e. The standard InChI is InChI=1S/C64H94O42/c65-17-34-42(77)47(82)56(103-38(73)8-4-21-2-6-26(67)29(70)10-21)64(100-34)106-57-48(83)44(79)36(19-95-39(74)16-40(75)104-55(60(92)93)52(87)58(88)89)102-63(57)99-33-15-24-27(68)13-23(96-61-50(85)45(80)43(78)35(101-61)18-94-37(72)7-3-20-1-5-25(66)28(69)9-20)14-31(24)97-53(33)22-11-30(71)41(76)32(12-22)98-62-51(86)46(81)49(84)54(105-62)59(90)91/h3-4,7-8,20-36,41-57,61-71,76-87H,1-2,5-6,9-19H2,(H,88,89)(H,90,91)(H,92,93)/t20?,21?,22?,23?,24?,25?,26?,27?,28?,29?,30?,31?,32?,33?,34-,35-,36-,41?,42-,43-,44+,45+,46+,47+,48+,49+,50-,51-,52-,53?,54+,55+,56-,57-,61-,62-,63-,64+/m1/s1. The van der Waals surface area contributed by atoms with E-state index in [1.54, 1.807) is 0 Å². The highest BCUT2D eigenvalue weighted by Crippen LogP contribution is 2.46. The topological polar surface area (TPSA) is 685 Å². The van der Waals surface area contributed by atoms with Crippen molar-refractivity contribution in [1.82, 2.24) is 0 Å². The van der Waals surface area contributed by atoms with Gasteiger partial charge in [0.05, 0.1) is 73.8 Å². The monoisotopic (exact) mass is 1530 g/mol. The van der Waals surface area contributed by atoms with Gasteiger partial charge in [0.2, 0.25) is 6.10 Å². The molecule has 38 atom stereocenters. The minimum atomic E-state index is -2.82. The van der Waals surface area contributed by atoms with E-state index in [4.69, 9.17) is 61.9 Å². The van der Waals surface area contributed by atoms with Gasteiger partial charge in [-0.1, -0.05) is 12.2 Å². The van der Waals surface area contributed by atoms with Crippen LogP contribution in [0.3, 0.4) is 0 Å². The molecule has 4 saturated carbocycles. The number of carboxylic acids is 3. The van der Waals surface area contributed by atoms with Gasteiger partial charge >= 0.3 is 41.8 Å². The zero-order valence-corrected chi connectivity index (χ0v) is 56.4. The predicted octanol–water partition coefficient (Wildman–Crippen LogP) is -10.8. The third-order valence-electron chi connectivity index (χ3n) is 20.7. The Morgan fingerprint density at radius 3 is 1.57 bits per heavy atom. The van der Waals surface area contributed by atoms with E-state index in [1.165, 1.54) is 12.2 Å². The number of hydrogen-bond donors (Lipinski definition) is 22. The Balaban J connectivity index is 1.01. The second-order valence-corrected chi connectivity index (χ2v) is 28.1. The highest BCUT2D eigenvalue weighted by atomic mass is 16.8. The fourth-order valence-corrected chi connectivity index (χ4v) is 14.7. The molecule has 9 fully saturated rings. The number of allylic oxidation sites excluding steroid dienone is 2. The first kappa shape index (κ1) is 84.7. The molecule has 0 spiro atoms. The summed E-state index contributed by atoms with van der Waals surface area (Å²) in [6.07, 6.45) is -61.9. The van der Waals surface area contributed by atoms with E-state index in [2.05, 4.69) is 4.74 Å². The van der Waals surface area contributed by atoms with Gasteiger partial charge in [0, 0.05) is 30.9 Å². The Labute approximate surface area is 600 Å². The summed E-state index contributed by atoms with van der Waals surface area (Å²) in [7, 11) is 0. The fraction of sp³-hybridized carbons (Fsp3) is 0.828. The molecule has 42 heteroatoms. The van der Waals surface area contributed by atoms with Crippen LogP contribution in [0.4, 0.5) is 0 Å². The van der Waals surface area contributed by atoms with E-state index in [0.29, 0.717) is 12.8 Å². The Morgan fingerprint density at radius 1 is 0.434 bits per heavy atom. The number of carboxylic acid groups (broad SMARTS) is 3. The third kappa shape index (κ3) is 20.4. The van der Waals surface area contributed by atoms with Gasteiger partial charge < -0.3 is 174 Å². The molecular weight excluding hydrogens is 1440 g/mol. The summed E-state index contributed by atoms with van der Waals surface area (Å²) in [4.78, 5) is 87.4. The minimum Gasteiger partial charge on any atom is -0.479 e. The van der Waals surface area contributed by atoms with Crippen molar-refractivity contribution in [3.05, 3.63) is 24.3 Å². The summed E-state index contributed by atoms with van der Waals surface area (Å²) in [6, 6.07) is 0. The number of carbonyl (C=O) groups excluding carboxylic acids is 4. The number of ether oxygens (including phenoxy) is 13. The molecule has 0 aromatic carbocycles. The predicted molar refractivity (Wildman–Crippen MR) is 330 cm³/mol. The SMILES string of the molecule is O=C(C=CC1CCC(O)C(O)C1)OC[C@H]1O[C@@H](OC2CC(O)C3CC(O[C@@H]4O[C@H](COC(=O)CC(=O)O[C@H](C(=O)O)[C@@H](O)C(=O)O)[C@H](O)[C@H](O)[C@H]4O[C@@H]4O[C@H](CO)[C@@H](O)[C@H](O)[C@H]4OC(=O)C=CC4CCC(O)C(O)C4)C(C4CC(O)C(O)C(O[C@@H]5O[C@H](C(=O)O)[C@@H](O)[C@H](O)[C@H]5O)C4)OC3C2)[C@H](O)[C@@H](O)[C@@H]1O. The van der Waals surface area contributed by atoms with Gasteiger partial charge in [-0.05, 0) is 75.5 Å². The molecule has 0 aromatic rings. The molecule has 5 saturated heterocycles. The number of aliphatic carboxylic acids is 3. The van der Waals surface area contributed by atoms with Crippen molar-refractivity contribution >= 4 is 41.8 Å². The van der Waals surface area contributed by atoms with Crippen LogP contribution in [0.5, 0.6) is 0 Å². The Bertz CT molecular complexity index is 3020. The Hall–Kier alpha value is -5.35. The lowest BCUT2D eigenvalue weighted by molar-refractivity contribution is -0.380. The van der Waals surface area contributed by atoms with Gasteiger partial charge in [-0.25, -0.2) is 24.0 Å². The smallest absolute Gasteiger partial charge is 0.348 e. The molecule has 602 valence electrons. The molecule has 0 bridgehead atoms. The van der Waals surface area contributed by atoms with Crippen molar-refractivity contribution in [2.24, 2.45) is 23.7 Å². The van der Waals surface area contributed by atoms with Gasteiger partial charge in [0.25, 0.3) is 0 Å². The summed E-state index contributed by atoms with van der Waals surface area (Å²) in [5, 5.41) is 236. The van der Waals surface area contributed by atoms with Crippen LogP contribution < -0.4 is 0 Å². The highest BCUT2D eigenvalue weighted by molar-refractivity contribution is 5.93. The minimum absolute atomic E-state index is 0.0160. The van der Waals surface area contributed by atoms with Crippen LogP contribution in [0.15, 0.2) is 24.3 Å². The van der Waals surface area contributed by atoms with Crippen molar-refractivity contribution in [2.75, 3.05) is 19.8 Å². The van der Waals surface area contributed by atoms with Crippen LogP contribution in [-0.4, -0.2) is 382 Å². The zero-order valence-electron chi connectivity index (χ0n) is 56.4. The van der Waals surface area contributed by atoms with Gasteiger partial charge in [-0.3, -0.25) is 9.59 Å². The maximum absolute atomic E-state index is 13.6. The molecule has 5 heterocycles. The van der Waals surface area contributed by atoms with Crippen LogP contribution in [0.25, 0.3) is 0 Å². The summed E-state index contributed by atoms with van der Waals surface area (Å²) in [6.45, 7) is -2.98. The lowest BCUT2D eigenvalue weighted by Gasteiger charge is -2.53. The third-order valence-corrected chi connectivity index (χ3v) is 20.7. The van der Waals surface area contributed by atoms with Gasteiger partial charge in [-0.2, -0.15) is 0 Å². The molecule has 22 N–H and O–H groups in total. The van der Waals surface area contributed by atoms with E-state index in [0.717, 1.165) is 12.2 Å². The molecule has 0 radical (unpaired) electrons. The lowest BCUT2D eigenvalue weighted by Crippen LogP contribution is -2.66. The van der Waals surface area contributed by atoms with Crippen LogP contribution in [0.2, 0.25) is 0 Å². The summed E-state index contributed by atoms with van der Waals surface area (Å²) in [5.74, 6) is -14.8. The van der Waals surface area contributed by atoms with Crippen LogP contribution >= 0.6 is 0 Å². The molecule has 106 heavy (non-hydrogen) atoms. The number of fused-ring (bicyclic) bond motifs is 1. The van der Waals surface area contributed by atoms with E-state index in [1.807, 2.05) is 0 Å². The maximum atomic E-state index is 13.6. The number of esters is 4. The first-order chi connectivity index (χ1) is 50.0. The molecular formula is C64H94O42. The maximum Gasteiger partial charge on any atom is 0.348 e. The normalized spacial score (nSPS) is 45.0. The second-order valence-electron chi connectivity index (χ2n) is 28.1. The highest BCUT2D eigenvalue weighted by Gasteiger charge is 2.58. The molecule has 9 aliphatic rings. The van der Waals surface area contributed by atoms with E-state index in [-0.39, 0.29) is 44.4 Å². The van der Waals surface area contributed by atoms with Crippen LogP contribution in [0, 0.1) is 23.7 Å². The van der Waals surface area contributed by atoms with Crippen molar-refractivity contribution in [3.63, 3.8) is 0 Å². The van der Waals surface area contributed by atoms with E-state index < -0.39 is 313 Å². The van der Waals surface area contributed by atoms with Gasteiger partial charge in [0.15, 0.2) is 43.5 Å². The molecule has 5 aliphatic heterocycles. The molecule has 4 aliphatic carbocycles. The first-order valence-electron chi connectivity index (χ1n) is 34.6. The average molecular weight is 1540 g/mol. The summed E-state index contributed by atoms with van der Waals surface area (Å²) >= 11 is 0. The molecule has 0 aromatic heterocycles. The number of hydrogen-bond acceptors (Lipinski definition) is 39. The Morgan fingerprint density at radius 2 is 0.972 bits per heavy atom. The molecule has 0 amide bonds. The van der Waals surface area contributed by atoms with Crippen molar-refractivity contribution in [1.29, 1.82) is 0 Å². The second kappa shape index (κ2) is 37.1. The van der Waals surface area contributed by atoms with Crippen LogP contribution in [-0.2, 0) is 95.1 Å². The summed E-state index contributed by atoms with van der Waals surface area (Å²) in [5.41, 5.74) is 0. The van der Waals surface area contributed by atoms with Crippen molar-refractivity contribution in [2.45, 2.75) is 285 Å². The number of carbonyl (C=O) groups is 7.